The molecule has 25 heavy (non-hydrogen) atoms. The van der Waals surface area contributed by atoms with Gasteiger partial charge in [0.1, 0.15) is 0 Å². The number of anilines is 1. The van der Waals surface area contributed by atoms with Crippen molar-refractivity contribution in [2.75, 3.05) is 25.1 Å². The first kappa shape index (κ1) is 17.4. The van der Waals surface area contributed by atoms with E-state index >= 15 is 0 Å². The molecule has 3 rings (SSSR count). The van der Waals surface area contributed by atoms with E-state index in [0.717, 1.165) is 12.1 Å². The zero-order chi connectivity index (χ0) is 18.0. The highest BCUT2D eigenvalue weighted by Crippen LogP contribution is 2.26. The number of rotatable bonds is 5. The van der Waals surface area contributed by atoms with E-state index in [0.29, 0.717) is 31.5 Å². The fourth-order valence-electron chi connectivity index (χ4n) is 3.56. The lowest BCUT2D eigenvalue weighted by atomic mass is 10.1. The van der Waals surface area contributed by atoms with E-state index in [1.807, 2.05) is 0 Å². The molecule has 0 radical (unpaired) electrons. The van der Waals surface area contributed by atoms with Crippen LogP contribution >= 0.6 is 0 Å². The second-order valence-electron chi connectivity index (χ2n) is 6.50. The van der Waals surface area contributed by atoms with Crippen molar-refractivity contribution in [2.24, 2.45) is 0 Å². The third kappa shape index (κ3) is 3.66. The first-order valence-electron chi connectivity index (χ1n) is 8.45. The summed E-state index contributed by atoms with van der Waals surface area (Å²) >= 11 is 0. The molecule has 0 aromatic heterocycles. The fraction of sp³-hybridized carbons (Fsp3) is 0.500. The number of carbonyl (C=O) groups excluding carboxylic acids is 2. The van der Waals surface area contributed by atoms with E-state index in [2.05, 4.69) is 0 Å². The highest BCUT2D eigenvalue weighted by molar-refractivity contribution is 5.98. The molecule has 1 aromatic rings. The highest BCUT2D eigenvalue weighted by atomic mass is 16.5. The van der Waals surface area contributed by atoms with Gasteiger partial charge in [-0.25, -0.2) is 0 Å². The van der Waals surface area contributed by atoms with Gasteiger partial charge in [0.2, 0.25) is 5.91 Å². The van der Waals surface area contributed by atoms with Gasteiger partial charge in [0.15, 0.2) is 0 Å². The number of carboxylic acid groups (broad SMARTS) is 1. The van der Waals surface area contributed by atoms with Gasteiger partial charge in [0.25, 0.3) is 5.91 Å². The van der Waals surface area contributed by atoms with Crippen LogP contribution in [-0.2, 0) is 14.3 Å². The number of carbonyl (C=O) groups is 3. The average molecular weight is 346 g/mol. The number of ether oxygens (including phenoxy) is 1. The van der Waals surface area contributed by atoms with Crippen LogP contribution in [0.25, 0.3) is 0 Å². The number of hydrogen-bond acceptors (Lipinski definition) is 4. The summed E-state index contributed by atoms with van der Waals surface area (Å²) in [7, 11) is 1.57. The number of amides is 2. The maximum absolute atomic E-state index is 12.8. The second-order valence-corrected chi connectivity index (χ2v) is 6.50. The zero-order valence-corrected chi connectivity index (χ0v) is 14.2. The molecule has 2 aliphatic heterocycles. The van der Waals surface area contributed by atoms with E-state index < -0.39 is 5.97 Å². The van der Waals surface area contributed by atoms with Gasteiger partial charge in [0, 0.05) is 43.9 Å². The lowest BCUT2D eigenvalue weighted by Crippen LogP contribution is -2.37. The molecular formula is C18H22N2O5. The van der Waals surface area contributed by atoms with Crippen molar-refractivity contribution in [1.82, 2.24) is 4.90 Å². The van der Waals surface area contributed by atoms with Crippen LogP contribution in [0.5, 0.6) is 0 Å². The van der Waals surface area contributed by atoms with Crippen molar-refractivity contribution in [3.63, 3.8) is 0 Å². The molecule has 7 nitrogen and oxygen atoms in total. The Kier molecular flexibility index (Phi) is 5.03. The summed E-state index contributed by atoms with van der Waals surface area (Å²) in [4.78, 5) is 39.0. The van der Waals surface area contributed by atoms with Crippen LogP contribution in [0.4, 0.5) is 5.69 Å². The average Bonchev–Trinajstić information content (AvgIpc) is 3.20. The van der Waals surface area contributed by atoms with Crippen molar-refractivity contribution in [2.45, 2.75) is 37.8 Å². The number of hydrogen-bond donors (Lipinski definition) is 1. The summed E-state index contributed by atoms with van der Waals surface area (Å²) in [6, 6.07) is 6.57. The molecule has 2 heterocycles. The predicted molar refractivity (Wildman–Crippen MR) is 90.5 cm³/mol. The van der Waals surface area contributed by atoms with Crippen LogP contribution in [0.15, 0.2) is 24.3 Å². The minimum atomic E-state index is -0.928. The van der Waals surface area contributed by atoms with Crippen LogP contribution in [0, 0.1) is 0 Å². The lowest BCUT2D eigenvalue weighted by molar-refractivity contribution is -0.138. The van der Waals surface area contributed by atoms with Gasteiger partial charge < -0.3 is 19.6 Å². The Bertz CT molecular complexity index is 673. The normalized spacial score (nSPS) is 23.3. The molecule has 1 N–H and O–H groups in total. The maximum atomic E-state index is 12.8. The molecule has 0 spiro atoms. The summed E-state index contributed by atoms with van der Waals surface area (Å²) in [5.74, 6) is -1.03. The summed E-state index contributed by atoms with van der Waals surface area (Å²) in [5.41, 5.74) is 1.28. The summed E-state index contributed by atoms with van der Waals surface area (Å²) in [6.45, 7) is 1.09. The SMILES string of the molecule is COC1CC(CC(=O)O)N(C(=O)c2ccc(N3CCCC3=O)cc2)C1. The standard InChI is InChI=1S/C18H22N2O5/c1-25-15-9-14(10-17(22)23)20(11-15)18(24)12-4-6-13(7-5-12)19-8-2-3-16(19)21/h4-7,14-15H,2-3,8-11H2,1H3,(H,22,23). The number of nitrogens with zero attached hydrogens (tertiary/aromatic N) is 2. The van der Waals surface area contributed by atoms with Crippen LogP contribution in [0.3, 0.4) is 0 Å². The summed E-state index contributed by atoms with van der Waals surface area (Å²) < 4.78 is 5.31. The van der Waals surface area contributed by atoms with Gasteiger partial charge in [-0.1, -0.05) is 0 Å². The van der Waals surface area contributed by atoms with E-state index in [9.17, 15) is 14.4 Å². The third-order valence-electron chi connectivity index (χ3n) is 4.88. The molecule has 134 valence electrons. The van der Waals surface area contributed by atoms with Crippen molar-refractivity contribution in [1.29, 1.82) is 0 Å². The van der Waals surface area contributed by atoms with Crippen LogP contribution < -0.4 is 4.90 Å². The lowest BCUT2D eigenvalue weighted by Gasteiger charge is -2.23. The molecule has 2 saturated heterocycles. The Morgan fingerprint density at radius 3 is 2.56 bits per heavy atom. The van der Waals surface area contributed by atoms with Gasteiger partial charge in [0.05, 0.1) is 12.5 Å². The van der Waals surface area contributed by atoms with Crippen LogP contribution in [0.1, 0.15) is 36.0 Å². The minimum absolute atomic E-state index is 0.0913. The molecule has 2 fully saturated rings. The molecule has 0 saturated carbocycles. The molecule has 2 aliphatic rings. The van der Waals surface area contributed by atoms with Crippen LogP contribution in [0.2, 0.25) is 0 Å². The van der Waals surface area contributed by atoms with Crippen molar-refractivity contribution >= 4 is 23.5 Å². The summed E-state index contributed by atoms with van der Waals surface area (Å²) in [5, 5.41) is 9.07. The van der Waals surface area contributed by atoms with E-state index in [-0.39, 0.29) is 30.4 Å². The van der Waals surface area contributed by atoms with Gasteiger partial charge in [-0.3, -0.25) is 14.4 Å². The largest absolute Gasteiger partial charge is 0.481 e. The van der Waals surface area contributed by atoms with Gasteiger partial charge in [-0.2, -0.15) is 0 Å². The first-order chi connectivity index (χ1) is 12.0. The van der Waals surface area contributed by atoms with Gasteiger partial charge >= 0.3 is 5.97 Å². The minimum Gasteiger partial charge on any atom is -0.481 e. The number of benzene rings is 1. The quantitative estimate of drug-likeness (QED) is 0.873. The summed E-state index contributed by atoms with van der Waals surface area (Å²) in [6.07, 6.45) is 1.70. The molecule has 2 atom stereocenters. The first-order valence-corrected chi connectivity index (χ1v) is 8.45. The Morgan fingerprint density at radius 2 is 2.00 bits per heavy atom. The van der Waals surface area contributed by atoms with Crippen LogP contribution in [-0.4, -0.2) is 60.1 Å². The van der Waals surface area contributed by atoms with Crippen molar-refractivity contribution < 1.29 is 24.2 Å². The maximum Gasteiger partial charge on any atom is 0.305 e. The molecular weight excluding hydrogens is 324 g/mol. The molecule has 0 aliphatic carbocycles. The fourth-order valence-corrected chi connectivity index (χ4v) is 3.56. The Labute approximate surface area is 146 Å². The Balaban J connectivity index is 1.75. The van der Waals surface area contributed by atoms with E-state index in [1.165, 1.54) is 0 Å². The molecule has 2 unspecified atom stereocenters. The van der Waals surface area contributed by atoms with E-state index in [4.69, 9.17) is 9.84 Å². The number of likely N-dealkylation sites (tertiary alicyclic amines) is 1. The highest BCUT2D eigenvalue weighted by Gasteiger charge is 2.37. The van der Waals surface area contributed by atoms with E-state index in [1.54, 1.807) is 41.2 Å². The van der Waals surface area contributed by atoms with Crippen molar-refractivity contribution in [3.05, 3.63) is 29.8 Å². The molecule has 2 amide bonds. The van der Waals surface area contributed by atoms with Gasteiger partial charge in [-0.05, 0) is 37.1 Å². The number of carboxylic acids is 1. The van der Waals surface area contributed by atoms with Crippen molar-refractivity contribution in [3.8, 4) is 0 Å². The number of aliphatic carboxylic acids is 1. The molecule has 0 bridgehead atoms. The monoisotopic (exact) mass is 346 g/mol. The smallest absolute Gasteiger partial charge is 0.305 e. The topological polar surface area (TPSA) is 87.2 Å². The number of methoxy groups -OCH3 is 1. The predicted octanol–water partition coefficient (Wildman–Crippen LogP) is 1.52. The molecule has 7 heteroatoms. The van der Waals surface area contributed by atoms with Gasteiger partial charge in [-0.15, -0.1) is 0 Å². The Morgan fingerprint density at radius 1 is 1.28 bits per heavy atom. The third-order valence-corrected chi connectivity index (χ3v) is 4.88. The molecule has 1 aromatic carbocycles. The second kappa shape index (κ2) is 7.23. The zero-order valence-electron chi connectivity index (χ0n) is 14.2. The Hall–Kier alpha value is -2.41.